The molecule has 1 rings (SSSR count). The lowest BCUT2D eigenvalue weighted by atomic mass is 9.73. The van der Waals surface area contributed by atoms with Crippen molar-refractivity contribution in [3.63, 3.8) is 0 Å². The molecule has 0 amide bonds. The molecule has 4 heteroatoms. The minimum atomic E-state index is -1.47. The summed E-state index contributed by atoms with van der Waals surface area (Å²) >= 11 is 0. The van der Waals surface area contributed by atoms with Crippen molar-refractivity contribution in [3.05, 3.63) is 23.8 Å². The van der Waals surface area contributed by atoms with Crippen LogP contribution in [-0.4, -0.2) is 23.1 Å². The molecule has 0 aromatic rings. The summed E-state index contributed by atoms with van der Waals surface area (Å²) in [6.07, 6.45) is 5.86. The standard InChI is InChI=1S/C22H32O4/c1-8-15(6)19(24)18-20(25)16(11-9-13(2)3)22(7,21(18)26)17(23)12-10-14(4)5/h9-10,12,14-16,18H,8,11H2,1-7H3/b12-10+. The van der Waals surface area contributed by atoms with E-state index in [1.807, 2.05) is 40.7 Å². The molecular formula is C22H32O4. The minimum absolute atomic E-state index is 0.156. The molecule has 4 unspecified atom stereocenters. The van der Waals surface area contributed by atoms with E-state index in [2.05, 4.69) is 0 Å². The van der Waals surface area contributed by atoms with Crippen LogP contribution in [0.15, 0.2) is 23.8 Å². The van der Waals surface area contributed by atoms with Crippen molar-refractivity contribution in [1.29, 1.82) is 0 Å². The summed E-state index contributed by atoms with van der Waals surface area (Å²) in [6, 6.07) is 0. The first-order valence-electron chi connectivity index (χ1n) is 9.46. The fourth-order valence-electron chi connectivity index (χ4n) is 3.29. The Hall–Kier alpha value is -1.84. The number of carbonyl (C=O) groups is 4. The average molecular weight is 360 g/mol. The Kier molecular flexibility index (Phi) is 7.43. The SMILES string of the molecule is CCC(C)C(=O)C1C(=O)C(CC=C(C)C)C(C)(C(=O)/C=C/C(C)C)C1=O. The highest BCUT2D eigenvalue weighted by Crippen LogP contribution is 2.45. The van der Waals surface area contributed by atoms with Crippen LogP contribution < -0.4 is 0 Å². The maximum absolute atomic E-state index is 13.1. The molecule has 0 spiro atoms. The van der Waals surface area contributed by atoms with E-state index in [0.29, 0.717) is 12.8 Å². The highest BCUT2D eigenvalue weighted by atomic mass is 16.2. The molecule has 0 saturated heterocycles. The summed E-state index contributed by atoms with van der Waals surface area (Å²) in [4.78, 5) is 51.7. The third-order valence-electron chi connectivity index (χ3n) is 5.39. The molecular weight excluding hydrogens is 328 g/mol. The van der Waals surface area contributed by atoms with E-state index in [1.54, 1.807) is 13.0 Å². The van der Waals surface area contributed by atoms with Crippen LogP contribution in [0, 0.1) is 29.1 Å². The molecule has 0 aromatic carbocycles. The van der Waals surface area contributed by atoms with E-state index in [-0.39, 0.29) is 23.4 Å². The number of hydrogen-bond donors (Lipinski definition) is 0. The van der Waals surface area contributed by atoms with Crippen LogP contribution in [0.3, 0.4) is 0 Å². The summed E-state index contributed by atoms with van der Waals surface area (Å²) in [6.45, 7) is 12.8. The lowest BCUT2D eigenvalue weighted by molar-refractivity contribution is -0.141. The third kappa shape index (κ3) is 4.28. The Morgan fingerprint density at radius 3 is 2.19 bits per heavy atom. The minimum Gasteiger partial charge on any atom is -0.298 e. The van der Waals surface area contributed by atoms with E-state index in [4.69, 9.17) is 0 Å². The molecule has 144 valence electrons. The van der Waals surface area contributed by atoms with Gasteiger partial charge in [0, 0.05) is 11.8 Å². The summed E-state index contributed by atoms with van der Waals surface area (Å²) in [5, 5.41) is 0. The maximum atomic E-state index is 13.1. The van der Waals surface area contributed by atoms with Crippen molar-refractivity contribution in [3.8, 4) is 0 Å². The van der Waals surface area contributed by atoms with Gasteiger partial charge in [-0.05, 0) is 45.6 Å². The van der Waals surface area contributed by atoms with Crippen LogP contribution in [0.2, 0.25) is 0 Å². The summed E-state index contributed by atoms with van der Waals surface area (Å²) in [7, 11) is 0. The van der Waals surface area contributed by atoms with E-state index in [1.165, 1.54) is 13.0 Å². The number of hydrogen-bond acceptors (Lipinski definition) is 4. The zero-order chi connectivity index (χ0) is 20.2. The monoisotopic (exact) mass is 360 g/mol. The van der Waals surface area contributed by atoms with Crippen LogP contribution in [-0.2, 0) is 19.2 Å². The summed E-state index contributed by atoms with van der Waals surface area (Å²) in [5.41, 5.74) is -0.461. The lowest BCUT2D eigenvalue weighted by Crippen LogP contribution is -2.39. The van der Waals surface area contributed by atoms with Crippen LogP contribution >= 0.6 is 0 Å². The predicted octanol–water partition coefficient (Wildman–Crippen LogP) is 4.13. The van der Waals surface area contributed by atoms with Gasteiger partial charge < -0.3 is 0 Å². The summed E-state index contributed by atoms with van der Waals surface area (Å²) < 4.78 is 0. The van der Waals surface area contributed by atoms with Crippen molar-refractivity contribution in [2.45, 2.75) is 61.3 Å². The average Bonchev–Trinajstić information content (AvgIpc) is 2.76. The molecule has 26 heavy (non-hydrogen) atoms. The van der Waals surface area contributed by atoms with Crippen LogP contribution in [0.4, 0.5) is 0 Å². The molecule has 0 aromatic heterocycles. The van der Waals surface area contributed by atoms with Gasteiger partial charge in [-0.2, -0.15) is 0 Å². The van der Waals surface area contributed by atoms with Gasteiger partial charge in [0.25, 0.3) is 0 Å². The van der Waals surface area contributed by atoms with Crippen molar-refractivity contribution >= 4 is 23.1 Å². The number of rotatable bonds is 8. The van der Waals surface area contributed by atoms with E-state index in [9.17, 15) is 19.2 Å². The molecule has 1 aliphatic rings. The van der Waals surface area contributed by atoms with Gasteiger partial charge in [0.2, 0.25) is 0 Å². The second-order valence-corrected chi connectivity index (χ2v) is 8.15. The van der Waals surface area contributed by atoms with Crippen LogP contribution in [0.25, 0.3) is 0 Å². The van der Waals surface area contributed by atoms with Gasteiger partial charge in [0.15, 0.2) is 23.1 Å². The predicted molar refractivity (Wildman–Crippen MR) is 103 cm³/mol. The van der Waals surface area contributed by atoms with Gasteiger partial charge in [0.05, 0.1) is 5.41 Å². The number of Topliss-reactive ketones (excluding diaryl/α,β-unsaturated/α-hetero) is 3. The summed E-state index contributed by atoms with van der Waals surface area (Å²) in [5.74, 6) is -3.96. The van der Waals surface area contributed by atoms with Gasteiger partial charge >= 0.3 is 0 Å². The molecule has 0 bridgehead atoms. The second-order valence-electron chi connectivity index (χ2n) is 8.15. The van der Waals surface area contributed by atoms with Gasteiger partial charge in [-0.25, -0.2) is 0 Å². The largest absolute Gasteiger partial charge is 0.298 e. The molecule has 4 atom stereocenters. The zero-order valence-corrected chi connectivity index (χ0v) is 17.1. The van der Waals surface area contributed by atoms with Gasteiger partial charge in [-0.15, -0.1) is 0 Å². The van der Waals surface area contributed by atoms with Gasteiger partial charge in [-0.1, -0.05) is 45.4 Å². The first-order valence-corrected chi connectivity index (χ1v) is 9.46. The third-order valence-corrected chi connectivity index (χ3v) is 5.39. The van der Waals surface area contributed by atoms with E-state index in [0.717, 1.165) is 5.57 Å². The Balaban J connectivity index is 3.40. The Labute approximate surface area is 157 Å². The van der Waals surface area contributed by atoms with E-state index >= 15 is 0 Å². The first-order chi connectivity index (χ1) is 12.0. The zero-order valence-electron chi connectivity index (χ0n) is 17.1. The highest BCUT2D eigenvalue weighted by molar-refractivity contribution is 6.33. The smallest absolute Gasteiger partial charge is 0.169 e. The number of allylic oxidation sites excluding steroid dienone is 4. The Bertz CT molecular complexity index is 649. The fourth-order valence-corrected chi connectivity index (χ4v) is 3.29. The number of carbonyl (C=O) groups excluding carboxylic acids is 4. The molecule has 0 aliphatic heterocycles. The normalized spacial score (nSPS) is 27.2. The number of ketones is 4. The Morgan fingerprint density at radius 1 is 1.15 bits per heavy atom. The second kappa shape index (κ2) is 8.70. The fraction of sp³-hybridized carbons (Fsp3) is 0.636. The molecule has 0 N–H and O–H groups in total. The van der Waals surface area contributed by atoms with Crippen molar-refractivity contribution < 1.29 is 19.2 Å². The van der Waals surface area contributed by atoms with Crippen LogP contribution in [0.5, 0.6) is 0 Å². The molecule has 4 nitrogen and oxygen atoms in total. The first kappa shape index (κ1) is 22.2. The highest BCUT2D eigenvalue weighted by Gasteiger charge is 2.62. The van der Waals surface area contributed by atoms with E-state index < -0.39 is 28.8 Å². The van der Waals surface area contributed by atoms with Crippen molar-refractivity contribution in [2.75, 3.05) is 0 Å². The van der Waals surface area contributed by atoms with Gasteiger partial charge in [-0.3, -0.25) is 19.2 Å². The topological polar surface area (TPSA) is 68.3 Å². The maximum Gasteiger partial charge on any atom is 0.169 e. The van der Waals surface area contributed by atoms with Crippen LogP contribution in [0.1, 0.15) is 61.3 Å². The quantitative estimate of drug-likeness (QED) is 0.371. The molecule has 0 radical (unpaired) electrons. The van der Waals surface area contributed by atoms with Crippen molar-refractivity contribution in [1.82, 2.24) is 0 Å². The van der Waals surface area contributed by atoms with Crippen molar-refractivity contribution in [2.24, 2.45) is 29.1 Å². The molecule has 0 heterocycles. The molecule has 1 aliphatic carbocycles. The molecule has 1 fully saturated rings. The van der Waals surface area contributed by atoms with Gasteiger partial charge in [0.1, 0.15) is 5.92 Å². The molecule has 1 saturated carbocycles. The Morgan fingerprint density at radius 2 is 1.73 bits per heavy atom. The lowest BCUT2D eigenvalue weighted by Gasteiger charge is -2.25.